The molecular formula is C21H26N4O6. The van der Waals surface area contributed by atoms with E-state index in [0.29, 0.717) is 56.4 Å². The van der Waals surface area contributed by atoms with Crippen LogP contribution in [0.25, 0.3) is 11.1 Å². The van der Waals surface area contributed by atoms with Crippen molar-refractivity contribution in [3.63, 3.8) is 0 Å². The number of benzene rings is 1. The molecule has 1 aromatic heterocycles. The summed E-state index contributed by atoms with van der Waals surface area (Å²) in [6.07, 6.45) is 1.81. The number of carbonyl (C=O) groups excluding carboxylic acids is 2. The Kier molecular flexibility index (Phi) is 5.81. The van der Waals surface area contributed by atoms with E-state index in [9.17, 15) is 24.3 Å². The monoisotopic (exact) mass is 430 g/mol. The van der Waals surface area contributed by atoms with Gasteiger partial charge in [-0.2, -0.15) is 0 Å². The van der Waals surface area contributed by atoms with E-state index in [1.165, 1.54) is 9.47 Å². The maximum absolute atomic E-state index is 13.4. The van der Waals surface area contributed by atoms with E-state index in [4.69, 9.17) is 4.42 Å². The molecule has 2 aliphatic rings. The normalized spacial score (nSPS) is 20.6. The number of carboxylic acid groups (broad SMARTS) is 1. The number of hydrogen-bond acceptors (Lipinski definition) is 6. The van der Waals surface area contributed by atoms with Crippen LogP contribution >= 0.6 is 0 Å². The van der Waals surface area contributed by atoms with Crippen molar-refractivity contribution in [1.29, 1.82) is 0 Å². The Balaban J connectivity index is 1.49. The highest BCUT2D eigenvalue weighted by Gasteiger charge is 2.47. The van der Waals surface area contributed by atoms with E-state index >= 15 is 0 Å². The Morgan fingerprint density at radius 1 is 1.23 bits per heavy atom. The number of aliphatic carboxylic acids is 1. The molecule has 0 aliphatic carbocycles. The van der Waals surface area contributed by atoms with Crippen LogP contribution in [0.1, 0.15) is 32.1 Å². The highest BCUT2D eigenvalue weighted by molar-refractivity contribution is 5.94. The van der Waals surface area contributed by atoms with Crippen LogP contribution in [0.4, 0.5) is 0 Å². The van der Waals surface area contributed by atoms with Gasteiger partial charge in [0.25, 0.3) is 0 Å². The van der Waals surface area contributed by atoms with Crippen molar-refractivity contribution in [2.24, 2.45) is 0 Å². The molecule has 0 spiro atoms. The number of carbonyl (C=O) groups is 3. The molecule has 2 aliphatic heterocycles. The molecule has 1 unspecified atom stereocenters. The van der Waals surface area contributed by atoms with Gasteiger partial charge in [-0.25, -0.2) is 9.59 Å². The number of oxazole rings is 1. The lowest BCUT2D eigenvalue weighted by molar-refractivity contribution is -0.152. The van der Waals surface area contributed by atoms with Gasteiger partial charge in [-0.05, 0) is 50.9 Å². The number of para-hydroxylation sites is 2. The number of carboxylic acids is 1. The molecule has 2 fully saturated rings. The van der Waals surface area contributed by atoms with E-state index in [1.807, 2.05) is 0 Å². The van der Waals surface area contributed by atoms with Gasteiger partial charge in [0.1, 0.15) is 11.6 Å². The first-order valence-electron chi connectivity index (χ1n) is 10.6. The molecule has 2 aromatic rings. The lowest BCUT2D eigenvalue weighted by atomic mass is 9.86. The van der Waals surface area contributed by atoms with Gasteiger partial charge in [-0.15, -0.1) is 0 Å². The van der Waals surface area contributed by atoms with Gasteiger partial charge < -0.3 is 25.1 Å². The third-order valence-corrected chi connectivity index (χ3v) is 6.18. The number of nitrogens with one attached hydrogen (secondary N) is 2. The lowest BCUT2D eigenvalue weighted by Gasteiger charge is -2.40. The minimum absolute atomic E-state index is 0.00570. The number of aromatic nitrogens is 1. The predicted octanol–water partition coefficient (Wildman–Crippen LogP) is 0.299. The molecule has 3 heterocycles. The average molecular weight is 430 g/mol. The van der Waals surface area contributed by atoms with E-state index in [1.54, 1.807) is 24.3 Å². The highest BCUT2D eigenvalue weighted by Crippen LogP contribution is 2.27. The van der Waals surface area contributed by atoms with Crippen molar-refractivity contribution in [1.82, 2.24) is 20.1 Å². The van der Waals surface area contributed by atoms with E-state index in [2.05, 4.69) is 10.6 Å². The maximum atomic E-state index is 13.4. The second-order valence-corrected chi connectivity index (χ2v) is 8.11. The summed E-state index contributed by atoms with van der Waals surface area (Å²) in [6, 6.07) is 6.12. The maximum Gasteiger partial charge on any atom is 0.419 e. The molecule has 1 atom stereocenters. The Labute approximate surface area is 178 Å². The van der Waals surface area contributed by atoms with Crippen LogP contribution in [0.3, 0.4) is 0 Å². The molecule has 31 heavy (non-hydrogen) atoms. The van der Waals surface area contributed by atoms with Gasteiger partial charge in [-0.1, -0.05) is 12.1 Å². The van der Waals surface area contributed by atoms with Gasteiger partial charge in [0.15, 0.2) is 5.58 Å². The van der Waals surface area contributed by atoms with Crippen LogP contribution < -0.4 is 16.4 Å². The third-order valence-electron chi connectivity index (χ3n) is 6.18. The summed E-state index contributed by atoms with van der Waals surface area (Å²) in [7, 11) is 0. The topological polar surface area (TPSA) is 134 Å². The average Bonchev–Trinajstić information content (AvgIpc) is 3.36. The summed E-state index contributed by atoms with van der Waals surface area (Å²) in [5.41, 5.74) is -0.0787. The summed E-state index contributed by atoms with van der Waals surface area (Å²) in [5.74, 6) is -2.26. The largest absolute Gasteiger partial charge is 0.480 e. The molecule has 0 radical (unpaired) electrons. The van der Waals surface area contributed by atoms with Crippen molar-refractivity contribution in [3.8, 4) is 0 Å². The molecular weight excluding hydrogens is 404 g/mol. The minimum Gasteiger partial charge on any atom is -0.480 e. The van der Waals surface area contributed by atoms with Crippen molar-refractivity contribution < 1.29 is 23.9 Å². The number of fused-ring (bicyclic) bond motifs is 1. The van der Waals surface area contributed by atoms with E-state index < -0.39 is 23.3 Å². The second-order valence-electron chi connectivity index (χ2n) is 8.11. The van der Waals surface area contributed by atoms with Crippen molar-refractivity contribution in [2.45, 2.75) is 50.2 Å². The van der Waals surface area contributed by atoms with Crippen LogP contribution in [0.2, 0.25) is 0 Å². The molecule has 10 heteroatoms. The van der Waals surface area contributed by atoms with Crippen LogP contribution in [0.5, 0.6) is 0 Å². The van der Waals surface area contributed by atoms with Gasteiger partial charge in [0.05, 0.1) is 5.52 Å². The van der Waals surface area contributed by atoms with Gasteiger partial charge in [0, 0.05) is 19.5 Å². The zero-order chi connectivity index (χ0) is 22.0. The molecule has 0 bridgehead atoms. The second kappa shape index (κ2) is 8.54. The predicted molar refractivity (Wildman–Crippen MR) is 110 cm³/mol. The quantitative estimate of drug-likeness (QED) is 0.600. The van der Waals surface area contributed by atoms with Crippen LogP contribution in [0, 0.1) is 0 Å². The number of rotatable bonds is 6. The smallest absolute Gasteiger partial charge is 0.419 e. The fourth-order valence-corrected chi connectivity index (χ4v) is 4.56. The van der Waals surface area contributed by atoms with Crippen molar-refractivity contribution >= 4 is 28.9 Å². The minimum atomic E-state index is -1.14. The molecule has 2 amide bonds. The first-order chi connectivity index (χ1) is 14.9. The molecule has 1 aromatic carbocycles. The molecule has 166 valence electrons. The van der Waals surface area contributed by atoms with E-state index in [0.717, 1.165) is 0 Å². The van der Waals surface area contributed by atoms with Crippen LogP contribution in [-0.4, -0.2) is 63.6 Å². The van der Waals surface area contributed by atoms with Crippen molar-refractivity contribution in [2.75, 3.05) is 19.6 Å². The molecule has 2 saturated heterocycles. The zero-order valence-electron chi connectivity index (χ0n) is 17.1. The summed E-state index contributed by atoms with van der Waals surface area (Å²) in [6.45, 7) is 1.58. The summed E-state index contributed by atoms with van der Waals surface area (Å²) >= 11 is 0. The Morgan fingerprint density at radius 3 is 2.71 bits per heavy atom. The first kappa shape index (κ1) is 21.1. The summed E-state index contributed by atoms with van der Waals surface area (Å²) < 4.78 is 6.59. The molecule has 10 nitrogen and oxygen atoms in total. The molecule has 4 rings (SSSR count). The third kappa shape index (κ3) is 4.07. The lowest BCUT2D eigenvalue weighted by Crippen LogP contribution is -2.64. The molecule has 3 N–H and O–H groups in total. The zero-order valence-corrected chi connectivity index (χ0v) is 17.1. The van der Waals surface area contributed by atoms with Gasteiger partial charge >= 0.3 is 11.7 Å². The number of nitrogens with zero attached hydrogens (tertiary/aromatic N) is 2. The standard InChI is InChI=1S/C21H26N4O6/c26-17(7-13-25-14-4-1-2-6-16(14)31-20(25)30)23-21(8-10-22-11-9-21)19(29)24-12-3-5-15(24)18(27)28/h1-2,4,6,15,22H,3,5,7-13H2,(H,23,26)(H,27,28). The molecule has 0 saturated carbocycles. The van der Waals surface area contributed by atoms with E-state index in [-0.39, 0.29) is 24.8 Å². The van der Waals surface area contributed by atoms with Crippen molar-refractivity contribution in [3.05, 3.63) is 34.8 Å². The Morgan fingerprint density at radius 2 is 1.97 bits per heavy atom. The Hall–Kier alpha value is -3.14. The highest BCUT2D eigenvalue weighted by atomic mass is 16.4. The summed E-state index contributed by atoms with van der Waals surface area (Å²) in [5, 5.41) is 15.5. The Bertz CT molecular complexity index is 1050. The van der Waals surface area contributed by atoms with Gasteiger partial charge in [-0.3, -0.25) is 14.2 Å². The first-order valence-corrected chi connectivity index (χ1v) is 10.6. The van der Waals surface area contributed by atoms with Crippen LogP contribution in [0.15, 0.2) is 33.5 Å². The van der Waals surface area contributed by atoms with Gasteiger partial charge in [0.2, 0.25) is 11.8 Å². The number of likely N-dealkylation sites (tertiary alicyclic amines) is 1. The fourth-order valence-electron chi connectivity index (χ4n) is 4.56. The number of piperidine rings is 1. The number of hydrogen-bond donors (Lipinski definition) is 3. The number of amides is 2. The van der Waals surface area contributed by atoms with Crippen LogP contribution in [-0.2, 0) is 20.9 Å². The number of aryl methyl sites for hydroxylation is 1. The fraction of sp³-hybridized carbons (Fsp3) is 0.524. The summed E-state index contributed by atoms with van der Waals surface area (Å²) in [4.78, 5) is 51.3. The SMILES string of the molecule is O=C(CCn1c(=O)oc2ccccc21)NC1(C(=O)N2CCCC2C(=O)O)CCNCC1.